The lowest BCUT2D eigenvalue weighted by atomic mass is 10.1. The second kappa shape index (κ2) is 7.36. The Hall–Kier alpha value is -3.94. The van der Waals surface area contributed by atoms with Crippen LogP contribution in [0.25, 0.3) is 10.8 Å². The third kappa shape index (κ3) is 3.23. The smallest absolute Gasteiger partial charge is 0.261 e. The van der Waals surface area contributed by atoms with Crippen molar-refractivity contribution in [2.75, 3.05) is 7.11 Å². The number of aromatic hydroxyl groups is 1. The predicted octanol–water partition coefficient (Wildman–Crippen LogP) is 2.63. The molecule has 2 aromatic carbocycles. The zero-order chi connectivity index (χ0) is 19.5. The summed E-state index contributed by atoms with van der Waals surface area (Å²) in [4.78, 5) is 21.1. The van der Waals surface area contributed by atoms with Crippen LogP contribution in [-0.4, -0.2) is 38.2 Å². The maximum Gasteiger partial charge on any atom is 0.261 e. The summed E-state index contributed by atoms with van der Waals surface area (Å²) < 4.78 is 6.49. The summed E-state index contributed by atoms with van der Waals surface area (Å²) in [7, 11) is 1.59. The van der Waals surface area contributed by atoms with Crippen LogP contribution in [-0.2, 0) is 6.54 Å². The highest BCUT2D eigenvalue weighted by molar-refractivity contribution is 6.01. The van der Waals surface area contributed by atoms with E-state index in [9.17, 15) is 9.90 Å². The van der Waals surface area contributed by atoms with Crippen molar-refractivity contribution in [2.24, 2.45) is 4.99 Å². The molecule has 140 valence electrons. The van der Waals surface area contributed by atoms with Gasteiger partial charge in [0, 0.05) is 17.0 Å². The van der Waals surface area contributed by atoms with Crippen molar-refractivity contribution in [2.45, 2.75) is 6.54 Å². The quantitative estimate of drug-likeness (QED) is 0.522. The number of ether oxygens (including phenoxy) is 1. The molecule has 0 spiro atoms. The van der Waals surface area contributed by atoms with E-state index >= 15 is 0 Å². The van der Waals surface area contributed by atoms with Gasteiger partial charge in [0.2, 0.25) is 11.8 Å². The van der Waals surface area contributed by atoms with Crippen LogP contribution in [0.1, 0.15) is 11.1 Å². The first-order valence-corrected chi connectivity index (χ1v) is 8.54. The average Bonchev–Trinajstić information content (AvgIpc) is 3.25. The van der Waals surface area contributed by atoms with Gasteiger partial charge in [-0.2, -0.15) is 10.1 Å². The van der Waals surface area contributed by atoms with Crippen molar-refractivity contribution < 1.29 is 9.84 Å². The third-order valence-electron chi connectivity index (χ3n) is 4.41. The lowest BCUT2D eigenvalue weighted by Gasteiger charge is -2.14. The number of hydrogen-bond acceptors (Lipinski definition) is 6. The molecule has 0 saturated heterocycles. The molecule has 2 heterocycles. The highest BCUT2D eigenvalue weighted by Gasteiger charge is 2.15. The van der Waals surface area contributed by atoms with Crippen LogP contribution >= 0.6 is 0 Å². The molecule has 0 fully saturated rings. The van der Waals surface area contributed by atoms with Crippen molar-refractivity contribution in [3.63, 3.8) is 0 Å². The number of methoxy groups -OCH3 is 1. The van der Waals surface area contributed by atoms with E-state index in [4.69, 9.17) is 4.74 Å². The van der Waals surface area contributed by atoms with E-state index in [1.807, 2.05) is 24.3 Å². The molecule has 8 heteroatoms. The zero-order valence-corrected chi connectivity index (χ0v) is 15.0. The molecule has 0 unspecified atom stereocenters. The van der Waals surface area contributed by atoms with Gasteiger partial charge in [-0.05, 0) is 23.8 Å². The van der Waals surface area contributed by atoms with Crippen molar-refractivity contribution in [3.05, 3.63) is 76.3 Å². The third-order valence-corrected chi connectivity index (χ3v) is 4.41. The molecule has 2 aromatic heterocycles. The fourth-order valence-corrected chi connectivity index (χ4v) is 2.99. The Morgan fingerprint density at radius 3 is 2.61 bits per heavy atom. The van der Waals surface area contributed by atoms with E-state index in [1.54, 1.807) is 31.4 Å². The first kappa shape index (κ1) is 17.5. The molecule has 0 aliphatic heterocycles. The van der Waals surface area contributed by atoms with Crippen LogP contribution < -0.4 is 10.3 Å². The van der Waals surface area contributed by atoms with Gasteiger partial charge in [0.25, 0.3) is 5.56 Å². The molecule has 0 radical (unpaired) electrons. The number of rotatable bonds is 5. The summed E-state index contributed by atoms with van der Waals surface area (Å²) in [6.07, 6.45) is 2.82. The van der Waals surface area contributed by atoms with Gasteiger partial charge in [0.1, 0.15) is 12.1 Å². The number of aromatic amines is 1. The van der Waals surface area contributed by atoms with Gasteiger partial charge >= 0.3 is 0 Å². The van der Waals surface area contributed by atoms with Gasteiger partial charge in [-0.3, -0.25) is 9.36 Å². The molecule has 4 aromatic rings. The number of H-pyrrole nitrogens is 1. The fraction of sp³-hybridized carbons (Fsp3) is 0.100. The Labute approximate surface area is 159 Å². The molecule has 0 saturated carbocycles. The van der Waals surface area contributed by atoms with E-state index in [-0.39, 0.29) is 18.0 Å². The fourth-order valence-electron chi connectivity index (χ4n) is 2.99. The lowest BCUT2D eigenvalue weighted by Crippen LogP contribution is -2.22. The van der Waals surface area contributed by atoms with Crippen LogP contribution in [0.15, 0.2) is 64.6 Å². The summed E-state index contributed by atoms with van der Waals surface area (Å²) in [5.74, 6) is 0.859. The Morgan fingerprint density at radius 1 is 1.18 bits per heavy atom. The van der Waals surface area contributed by atoms with E-state index < -0.39 is 0 Å². The molecule has 8 nitrogen and oxygen atoms in total. The number of pyridine rings is 1. The first-order chi connectivity index (χ1) is 13.7. The Bertz CT molecular complexity index is 1200. The molecule has 0 atom stereocenters. The summed E-state index contributed by atoms with van der Waals surface area (Å²) in [6.45, 7) is 0.211. The minimum atomic E-state index is -0.277. The number of nitrogens with one attached hydrogen (secondary N) is 1. The molecule has 4 rings (SSSR count). The maximum absolute atomic E-state index is 13.0. The van der Waals surface area contributed by atoms with Crippen molar-refractivity contribution >= 4 is 22.9 Å². The van der Waals surface area contributed by atoms with Gasteiger partial charge in [-0.15, -0.1) is 0 Å². The standard InChI is InChI=1S/C20H17N5O3/c1-28-14-8-6-13(7-9-14)11-25-18(26)16-5-3-2-4-15(16)17(19(25)27)10-21-20-22-12-23-24-20/h2-10,12,27H,11H2,1H3,(H,22,23,24)/b21-10+. The topological polar surface area (TPSA) is 105 Å². The second-order valence-electron chi connectivity index (χ2n) is 6.09. The maximum atomic E-state index is 13.0. The summed E-state index contributed by atoms with van der Waals surface area (Å²) in [5, 5.41) is 18.3. The molecule has 0 bridgehead atoms. The number of benzene rings is 2. The van der Waals surface area contributed by atoms with Crippen LogP contribution in [0.3, 0.4) is 0 Å². The minimum Gasteiger partial charge on any atom is -0.497 e. The van der Waals surface area contributed by atoms with Gasteiger partial charge in [-0.25, -0.2) is 10.1 Å². The van der Waals surface area contributed by atoms with E-state index in [1.165, 1.54) is 17.1 Å². The van der Waals surface area contributed by atoms with Gasteiger partial charge in [0.05, 0.1) is 19.2 Å². The average molecular weight is 375 g/mol. The van der Waals surface area contributed by atoms with Gasteiger partial charge < -0.3 is 9.84 Å². The minimum absolute atomic E-state index is 0.164. The van der Waals surface area contributed by atoms with Crippen LogP contribution in [0, 0.1) is 0 Å². The Morgan fingerprint density at radius 2 is 1.93 bits per heavy atom. The number of aromatic nitrogens is 4. The lowest BCUT2D eigenvalue weighted by molar-refractivity contribution is 0.412. The zero-order valence-electron chi connectivity index (χ0n) is 15.0. The van der Waals surface area contributed by atoms with Gasteiger partial charge in [0.15, 0.2) is 0 Å². The summed E-state index contributed by atoms with van der Waals surface area (Å²) in [5.41, 5.74) is 1.01. The summed E-state index contributed by atoms with van der Waals surface area (Å²) in [6, 6.07) is 14.4. The molecular formula is C20H17N5O3. The second-order valence-corrected chi connectivity index (χ2v) is 6.09. The molecule has 0 aliphatic carbocycles. The molecular weight excluding hydrogens is 358 g/mol. The van der Waals surface area contributed by atoms with Crippen molar-refractivity contribution in [1.82, 2.24) is 19.7 Å². The number of hydrogen-bond donors (Lipinski definition) is 2. The first-order valence-electron chi connectivity index (χ1n) is 8.54. The number of aliphatic imine (C=N–C) groups is 1. The van der Waals surface area contributed by atoms with Crippen LogP contribution in [0.4, 0.5) is 5.95 Å². The predicted molar refractivity (Wildman–Crippen MR) is 106 cm³/mol. The molecule has 0 aliphatic rings. The van der Waals surface area contributed by atoms with E-state index in [0.717, 1.165) is 11.3 Å². The van der Waals surface area contributed by atoms with Crippen LogP contribution in [0.5, 0.6) is 11.6 Å². The van der Waals surface area contributed by atoms with E-state index in [2.05, 4.69) is 20.2 Å². The van der Waals surface area contributed by atoms with Crippen molar-refractivity contribution in [3.8, 4) is 11.6 Å². The number of nitrogens with zero attached hydrogens (tertiary/aromatic N) is 4. The molecule has 28 heavy (non-hydrogen) atoms. The summed E-state index contributed by atoms with van der Waals surface area (Å²) >= 11 is 0. The van der Waals surface area contributed by atoms with Gasteiger partial charge in [-0.1, -0.05) is 30.3 Å². The number of fused-ring (bicyclic) bond motifs is 1. The van der Waals surface area contributed by atoms with Crippen molar-refractivity contribution in [1.29, 1.82) is 0 Å². The highest BCUT2D eigenvalue weighted by Crippen LogP contribution is 2.24. The largest absolute Gasteiger partial charge is 0.497 e. The SMILES string of the molecule is COc1ccc(Cn2c(O)c(/C=N/c3ncn[nH]3)c3ccccc3c2=O)cc1. The van der Waals surface area contributed by atoms with E-state index in [0.29, 0.717) is 22.3 Å². The normalized spacial score (nSPS) is 11.3. The molecule has 0 amide bonds. The Balaban J connectivity index is 1.84. The Kier molecular flexibility index (Phi) is 4.59. The molecule has 2 N–H and O–H groups in total. The van der Waals surface area contributed by atoms with Crippen LogP contribution in [0.2, 0.25) is 0 Å². The monoisotopic (exact) mass is 375 g/mol. The highest BCUT2D eigenvalue weighted by atomic mass is 16.5.